The molecule has 4 nitrogen and oxygen atoms in total. The molecule has 0 atom stereocenters. The normalized spacial score (nSPS) is 17.7. The summed E-state index contributed by atoms with van der Waals surface area (Å²) in [5.41, 5.74) is 4.95. The van der Waals surface area contributed by atoms with Gasteiger partial charge >= 0.3 is 0 Å². The Morgan fingerprint density at radius 3 is 1.82 bits per heavy atom. The minimum atomic E-state index is 0.240. The Morgan fingerprint density at radius 1 is 0.714 bits per heavy atom. The number of piperazine rings is 1. The van der Waals surface area contributed by atoms with Crippen molar-refractivity contribution in [1.82, 2.24) is 4.90 Å². The molecule has 1 amide bonds. The van der Waals surface area contributed by atoms with Crippen LogP contribution in [0.1, 0.15) is 30.4 Å². The van der Waals surface area contributed by atoms with Crippen molar-refractivity contribution in [3.8, 4) is 0 Å². The van der Waals surface area contributed by atoms with Crippen LogP contribution in [0.15, 0.2) is 48.5 Å². The lowest BCUT2D eigenvalue weighted by Gasteiger charge is -2.36. The minimum Gasteiger partial charge on any atom is -0.372 e. The summed E-state index contributed by atoms with van der Waals surface area (Å²) in [7, 11) is 0. The summed E-state index contributed by atoms with van der Waals surface area (Å²) >= 11 is 0. The van der Waals surface area contributed by atoms with E-state index in [4.69, 9.17) is 0 Å². The van der Waals surface area contributed by atoms with E-state index in [0.717, 1.165) is 31.7 Å². The number of benzene rings is 2. The van der Waals surface area contributed by atoms with Gasteiger partial charge in [0.15, 0.2) is 0 Å². The quantitative estimate of drug-likeness (QED) is 0.809. The highest BCUT2D eigenvalue weighted by molar-refractivity contribution is 5.79. The van der Waals surface area contributed by atoms with E-state index < -0.39 is 0 Å². The van der Waals surface area contributed by atoms with Gasteiger partial charge in [-0.2, -0.15) is 0 Å². The van der Waals surface area contributed by atoms with Crippen molar-refractivity contribution in [2.75, 3.05) is 49.1 Å². The van der Waals surface area contributed by atoms with Gasteiger partial charge in [-0.3, -0.25) is 4.79 Å². The standard InChI is InChI=1S/C24H31N3O/c1-20-5-7-21(8-6-20)19-24(28)27-17-15-26(16-18-27)23-11-9-22(10-12-23)25-13-3-2-4-14-25/h5-12H,2-4,13-19H2,1H3. The van der Waals surface area contributed by atoms with Crippen molar-refractivity contribution in [2.24, 2.45) is 0 Å². The highest BCUT2D eigenvalue weighted by atomic mass is 16.2. The van der Waals surface area contributed by atoms with E-state index in [-0.39, 0.29) is 5.91 Å². The second-order valence-corrected chi connectivity index (χ2v) is 8.09. The first-order chi connectivity index (χ1) is 13.7. The van der Waals surface area contributed by atoms with Crippen LogP contribution < -0.4 is 9.80 Å². The molecule has 0 unspecified atom stereocenters. The molecular formula is C24H31N3O. The molecule has 0 saturated carbocycles. The molecule has 0 radical (unpaired) electrons. The second kappa shape index (κ2) is 8.68. The summed E-state index contributed by atoms with van der Waals surface area (Å²) < 4.78 is 0. The molecule has 0 N–H and O–H groups in total. The number of piperidine rings is 1. The molecule has 2 fully saturated rings. The Bertz CT molecular complexity index is 771. The Balaban J connectivity index is 1.29. The molecule has 0 aromatic heterocycles. The molecule has 2 saturated heterocycles. The van der Waals surface area contributed by atoms with Gasteiger partial charge in [0.1, 0.15) is 0 Å². The summed E-state index contributed by atoms with van der Waals surface area (Å²) in [5.74, 6) is 0.240. The molecule has 2 aromatic carbocycles. The Labute approximate surface area is 168 Å². The molecule has 2 aliphatic rings. The fourth-order valence-electron chi connectivity index (χ4n) is 4.23. The van der Waals surface area contributed by atoms with Gasteiger partial charge in [-0.25, -0.2) is 0 Å². The van der Waals surface area contributed by atoms with E-state index in [2.05, 4.69) is 65.3 Å². The molecule has 148 valence electrons. The number of hydrogen-bond donors (Lipinski definition) is 0. The van der Waals surface area contributed by atoms with Crippen LogP contribution in [0.2, 0.25) is 0 Å². The number of carbonyl (C=O) groups excluding carboxylic acids is 1. The van der Waals surface area contributed by atoms with Gasteiger partial charge in [-0.15, -0.1) is 0 Å². The molecule has 2 aliphatic heterocycles. The van der Waals surface area contributed by atoms with E-state index in [1.54, 1.807) is 0 Å². The van der Waals surface area contributed by atoms with Crippen LogP contribution in [0.3, 0.4) is 0 Å². The van der Waals surface area contributed by atoms with Crippen LogP contribution in [0, 0.1) is 6.92 Å². The molecule has 2 aromatic rings. The number of hydrogen-bond acceptors (Lipinski definition) is 3. The number of aryl methyl sites for hydroxylation is 1. The van der Waals surface area contributed by atoms with Crippen molar-refractivity contribution >= 4 is 17.3 Å². The van der Waals surface area contributed by atoms with Gasteiger partial charge < -0.3 is 14.7 Å². The van der Waals surface area contributed by atoms with Crippen molar-refractivity contribution in [3.05, 3.63) is 59.7 Å². The maximum absolute atomic E-state index is 12.6. The van der Waals surface area contributed by atoms with Crippen LogP contribution in [-0.4, -0.2) is 50.1 Å². The van der Waals surface area contributed by atoms with E-state index in [9.17, 15) is 4.79 Å². The van der Waals surface area contributed by atoms with Gasteiger partial charge in [0.25, 0.3) is 0 Å². The third-order valence-electron chi connectivity index (χ3n) is 6.04. The zero-order chi connectivity index (χ0) is 19.3. The zero-order valence-corrected chi connectivity index (χ0v) is 16.9. The molecule has 4 rings (SSSR count). The van der Waals surface area contributed by atoms with Crippen molar-refractivity contribution in [2.45, 2.75) is 32.6 Å². The van der Waals surface area contributed by atoms with E-state index >= 15 is 0 Å². The molecule has 0 bridgehead atoms. The third kappa shape index (κ3) is 4.49. The molecule has 2 heterocycles. The summed E-state index contributed by atoms with van der Waals surface area (Å²) in [4.78, 5) is 19.5. The van der Waals surface area contributed by atoms with Crippen LogP contribution in [-0.2, 0) is 11.2 Å². The van der Waals surface area contributed by atoms with E-state index in [1.165, 1.54) is 49.3 Å². The fourth-order valence-corrected chi connectivity index (χ4v) is 4.23. The zero-order valence-electron chi connectivity index (χ0n) is 16.9. The number of nitrogens with zero attached hydrogens (tertiary/aromatic N) is 3. The maximum atomic E-state index is 12.6. The SMILES string of the molecule is Cc1ccc(CC(=O)N2CCN(c3ccc(N4CCCCC4)cc3)CC2)cc1. The molecule has 0 spiro atoms. The second-order valence-electron chi connectivity index (χ2n) is 8.09. The summed E-state index contributed by atoms with van der Waals surface area (Å²) in [6.45, 7) is 7.86. The summed E-state index contributed by atoms with van der Waals surface area (Å²) in [6.07, 6.45) is 4.48. The Morgan fingerprint density at radius 2 is 1.25 bits per heavy atom. The minimum absolute atomic E-state index is 0.240. The average Bonchev–Trinajstić information content (AvgIpc) is 2.76. The average molecular weight is 378 g/mol. The summed E-state index contributed by atoms with van der Waals surface area (Å²) in [5, 5.41) is 0. The lowest BCUT2D eigenvalue weighted by atomic mass is 10.1. The highest BCUT2D eigenvalue weighted by Crippen LogP contribution is 2.24. The van der Waals surface area contributed by atoms with E-state index in [0.29, 0.717) is 6.42 Å². The Kier molecular flexibility index (Phi) is 5.84. The predicted molar refractivity (Wildman–Crippen MR) is 116 cm³/mol. The van der Waals surface area contributed by atoms with Crippen molar-refractivity contribution in [3.63, 3.8) is 0 Å². The molecule has 4 heteroatoms. The lowest BCUT2D eigenvalue weighted by molar-refractivity contribution is -0.130. The number of rotatable bonds is 4. The number of carbonyl (C=O) groups is 1. The number of amides is 1. The molecule has 0 aliphatic carbocycles. The maximum Gasteiger partial charge on any atom is 0.227 e. The van der Waals surface area contributed by atoms with Gasteiger partial charge in [-0.1, -0.05) is 29.8 Å². The van der Waals surface area contributed by atoms with Gasteiger partial charge in [-0.05, 0) is 56.0 Å². The van der Waals surface area contributed by atoms with Crippen LogP contribution in [0.4, 0.5) is 11.4 Å². The van der Waals surface area contributed by atoms with Crippen LogP contribution in [0.25, 0.3) is 0 Å². The van der Waals surface area contributed by atoms with Crippen molar-refractivity contribution < 1.29 is 4.79 Å². The van der Waals surface area contributed by atoms with Gasteiger partial charge in [0.05, 0.1) is 6.42 Å². The smallest absolute Gasteiger partial charge is 0.227 e. The Hall–Kier alpha value is -2.49. The molecule has 28 heavy (non-hydrogen) atoms. The van der Waals surface area contributed by atoms with Crippen LogP contribution >= 0.6 is 0 Å². The first-order valence-corrected chi connectivity index (χ1v) is 10.6. The van der Waals surface area contributed by atoms with Gasteiger partial charge in [0.2, 0.25) is 5.91 Å². The molecular weight excluding hydrogens is 346 g/mol. The van der Waals surface area contributed by atoms with Crippen molar-refractivity contribution in [1.29, 1.82) is 0 Å². The lowest BCUT2D eigenvalue weighted by Crippen LogP contribution is -2.49. The monoisotopic (exact) mass is 377 g/mol. The predicted octanol–water partition coefficient (Wildman–Crippen LogP) is 3.88. The first-order valence-electron chi connectivity index (χ1n) is 10.6. The van der Waals surface area contributed by atoms with Crippen LogP contribution in [0.5, 0.6) is 0 Å². The van der Waals surface area contributed by atoms with E-state index in [1.807, 2.05) is 4.90 Å². The summed E-state index contributed by atoms with van der Waals surface area (Å²) in [6, 6.07) is 17.3. The topological polar surface area (TPSA) is 26.8 Å². The third-order valence-corrected chi connectivity index (χ3v) is 6.04. The highest BCUT2D eigenvalue weighted by Gasteiger charge is 2.21. The number of anilines is 2. The largest absolute Gasteiger partial charge is 0.372 e. The van der Waals surface area contributed by atoms with Gasteiger partial charge in [0, 0.05) is 50.6 Å². The fraction of sp³-hybridized carbons (Fsp3) is 0.458. The first kappa shape index (κ1) is 18.9.